The van der Waals surface area contributed by atoms with Crippen LogP contribution in [0.4, 0.5) is 4.79 Å². The number of carbonyl (C=O) groups is 1. The van der Waals surface area contributed by atoms with Crippen molar-refractivity contribution in [2.24, 2.45) is 7.05 Å². The maximum atomic E-state index is 12.6. The van der Waals surface area contributed by atoms with E-state index in [0.29, 0.717) is 42.3 Å². The molecule has 176 valence electrons. The lowest BCUT2D eigenvalue weighted by Crippen LogP contribution is -2.33. The summed E-state index contributed by atoms with van der Waals surface area (Å²) in [5, 5.41) is 4.43. The molecule has 1 atom stereocenters. The van der Waals surface area contributed by atoms with E-state index in [1.165, 1.54) is 6.33 Å². The minimum Gasteiger partial charge on any atom is -0.471 e. The molecule has 1 saturated heterocycles. The normalized spacial score (nSPS) is 15.8. The molecular formula is C24H27N7O3. The van der Waals surface area contributed by atoms with Crippen molar-refractivity contribution in [3.05, 3.63) is 48.0 Å². The Morgan fingerprint density at radius 2 is 1.97 bits per heavy atom. The molecule has 34 heavy (non-hydrogen) atoms. The predicted octanol–water partition coefficient (Wildman–Crippen LogP) is 3.52. The summed E-state index contributed by atoms with van der Waals surface area (Å²) in [5.41, 5.74) is 4.35. The van der Waals surface area contributed by atoms with E-state index in [-0.39, 0.29) is 12.2 Å². The molecule has 1 aliphatic rings. The Morgan fingerprint density at radius 3 is 2.71 bits per heavy atom. The van der Waals surface area contributed by atoms with Crippen LogP contribution >= 0.6 is 0 Å². The van der Waals surface area contributed by atoms with Gasteiger partial charge in [-0.2, -0.15) is 10.1 Å². The lowest BCUT2D eigenvalue weighted by Gasteiger charge is -2.16. The van der Waals surface area contributed by atoms with Gasteiger partial charge in [-0.05, 0) is 32.9 Å². The Morgan fingerprint density at radius 1 is 1.18 bits per heavy atom. The van der Waals surface area contributed by atoms with E-state index in [4.69, 9.17) is 14.5 Å². The lowest BCUT2D eigenvalue weighted by molar-refractivity contribution is 0.151. The van der Waals surface area contributed by atoms with Gasteiger partial charge in [-0.3, -0.25) is 4.68 Å². The van der Waals surface area contributed by atoms with E-state index in [0.717, 1.165) is 29.2 Å². The highest BCUT2D eigenvalue weighted by atomic mass is 16.6. The average Bonchev–Trinajstić information content (AvgIpc) is 3.53. The molecule has 4 heterocycles. The van der Waals surface area contributed by atoms with Crippen LogP contribution in [0, 0.1) is 13.8 Å². The number of imidazole rings is 1. The Labute approximate surface area is 197 Å². The molecule has 10 heteroatoms. The molecule has 1 unspecified atom stereocenters. The van der Waals surface area contributed by atoms with Crippen molar-refractivity contribution in [3.8, 4) is 23.0 Å². The fraction of sp³-hybridized carbons (Fsp3) is 0.375. The molecule has 10 nitrogen and oxygen atoms in total. The molecule has 1 aromatic carbocycles. The minimum atomic E-state index is -0.383. The molecular weight excluding hydrogens is 434 g/mol. The van der Waals surface area contributed by atoms with Gasteiger partial charge in [0.2, 0.25) is 5.88 Å². The highest BCUT2D eigenvalue weighted by Gasteiger charge is 2.30. The van der Waals surface area contributed by atoms with Crippen molar-refractivity contribution in [2.45, 2.75) is 39.8 Å². The van der Waals surface area contributed by atoms with Crippen molar-refractivity contribution in [1.82, 2.24) is 34.2 Å². The van der Waals surface area contributed by atoms with Gasteiger partial charge in [0.15, 0.2) is 11.2 Å². The van der Waals surface area contributed by atoms with Gasteiger partial charge in [0, 0.05) is 32.3 Å². The van der Waals surface area contributed by atoms with Gasteiger partial charge in [-0.15, -0.1) is 0 Å². The number of ether oxygens (including phenoxy) is 2. The molecule has 3 aromatic heterocycles. The van der Waals surface area contributed by atoms with Crippen LogP contribution in [-0.2, 0) is 13.6 Å². The summed E-state index contributed by atoms with van der Waals surface area (Å²) in [4.78, 5) is 27.8. The van der Waals surface area contributed by atoms with Gasteiger partial charge in [0.05, 0.1) is 18.3 Å². The number of carbonyl (C=O) groups excluding carboxylic acids is 1. The van der Waals surface area contributed by atoms with Gasteiger partial charge in [0.25, 0.3) is 0 Å². The summed E-state index contributed by atoms with van der Waals surface area (Å²) in [6, 6.07) is 7.41. The minimum absolute atomic E-state index is 0.210. The summed E-state index contributed by atoms with van der Waals surface area (Å²) in [6.07, 6.45) is 3.38. The molecule has 0 N–H and O–H groups in total. The number of amides is 1. The zero-order chi connectivity index (χ0) is 23.8. The molecule has 1 fully saturated rings. The highest BCUT2D eigenvalue weighted by Crippen LogP contribution is 2.30. The third-order valence-electron chi connectivity index (χ3n) is 6.17. The predicted molar refractivity (Wildman–Crippen MR) is 126 cm³/mol. The number of aromatic nitrogens is 6. The second-order valence-electron chi connectivity index (χ2n) is 8.46. The van der Waals surface area contributed by atoms with Crippen LogP contribution in [0.1, 0.15) is 24.6 Å². The first-order valence-electron chi connectivity index (χ1n) is 11.3. The molecule has 1 amide bonds. The van der Waals surface area contributed by atoms with Crippen LogP contribution in [0.3, 0.4) is 0 Å². The average molecular weight is 462 g/mol. The molecule has 0 spiro atoms. The zero-order valence-corrected chi connectivity index (χ0v) is 19.7. The van der Waals surface area contributed by atoms with Gasteiger partial charge >= 0.3 is 6.09 Å². The standard InChI is InChI=1S/C24H27N7O3/c1-5-31-16(3)19(12-27-31)21-28-20-22(29(21)4)25-14-26-23(20)33-18-10-11-30(13-18)24(32)34-17-8-6-15(2)7-9-17/h6-9,12,14,18H,5,10-11,13H2,1-4H3. The first-order chi connectivity index (χ1) is 16.4. The molecule has 0 radical (unpaired) electrons. The fourth-order valence-electron chi connectivity index (χ4n) is 4.21. The Balaban J connectivity index is 1.33. The van der Waals surface area contributed by atoms with Gasteiger partial charge < -0.3 is 18.9 Å². The molecule has 1 aliphatic heterocycles. The monoisotopic (exact) mass is 461 g/mol. The Kier molecular flexibility index (Phi) is 5.64. The molecule has 0 bridgehead atoms. The fourth-order valence-corrected chi connectivity index (χ4v) is 4.21. The lowest BCUT2D eigenvalue weighted by atomic mass is 10.2. The Hall–Kier alpha value is -3.95. The second kappa shape index (κ2) is 8.77. The molecule has 5 rings (SSSR count). The maximum absolute atomic E-state index is 12.6. The van der Waals surface area contributed by atoms with Crippen molar-refractivity contribution in [2.75, 3.05) is 13.1 Å². The van der Waals surface area contributed by atoms with Crippen molar-refractivity contribution < 1.29 is 14.3 Å². The third kappa shape index (κ3) is 3.95. The van der Waals surface area contributed by atoms with Gasteiger partial charge in [-0.1, -0.05) is 17.7 Å². The number of rotatable bonds is 5. The van der Waals surface area contributed by atoms with Crippen molar-refractivity contribution >= 4 is 17.3 Å². The third-order valence-corrected chi connectivity index (χ3v) is 6.17. The van der Waals surface area contributed by atoms with Crippen molar-refractivity contribution in [3.63, 3.8) is 0 Å². The van der Waals surface area contributed by atoms with Crippen LogP contribution in [0.25, 0.3) is 22.6 Å². The van der Waals surface area contributed by atoms with Crippen LogP contribution in [0.15, 0.2) is 36.8 Å². The van der Waals surface area contributed by atoms with Crippen LogP contribution in [-0.4, -0.2) is 59.5 Å². The largest absolute Gasteiger partial charge is 0.471 e. The summed E-state index contributed by atoms with van der Waals surface area (Å²) in [5.74, 6) is 1.69. The molecule has 0 aliphatic carbocycles. The van der Waals surface area contributed by atoms with Crippen LogP contribution in [0.2, 0.25) is 0 Å². The SMILES string of the molecule is CCn1ncc(-c2nc3c(OC4CCN(C(=O)Oc5ccc(C)cc5)C4)ncnc3n2C)c1C. The second-order valence-corrected chi connectivity index (χ2v) is 8.46. The number of hydrogen-bond acceptors (Lipinski definition) is 7. The summed E-state index contributed by atoms with van der Waals surface area (Å²) >= 11 is 0. The van der Waals surface area contributed by atoms with Gasteiger partial charge in [-0.25, -0.2) is 14.8 Å². The number of hydrogen-bond donors (Lipinski definition) is 0. The van der Waals surface area contributed by atoms with E-state index >= 15 is 0 Å². The van der Waals surface area contributed by atoms with Gasteiger partial charge in [0.1, 0.15) is 24.0 Å². The smallest absolute Gasteiger partial charge is 0.415 e. The number of likely N-dealkylation sites (tertiary alicyclic amines) is 1. The van der Waals surface area contributed by atoms with E-state index in [1.807, 2.05) is 48.5 Å². The number of fused-ring (bicyclic) bond motifs is 1. The summed E-state index contributed by atoms with van der Waals surface area (Å²) in [6.45, 7) is 7.82. The Bertz CT molecular complexity index is 1340. The first kappa shape index (κ1) is 21.9. The molecule has 0 saturated carbocycles. The summed E-state index contributed by atoms with van der Waals surface area (Å²) in [7, 11) is 1.92. The highest BCUT2D eigenvalue weighted by molar-refractivity contribution is 5.81. The quantitative estimate of drug-likeness (QED) is 0.448. The molecule has 4 aromatic rings. The topological polar surface area (TPSA) is 100 Å². The maximum Gasteiger partial charge on any atom is 0.415 e. The zero-order valence-electron chi connectivity index (χ0n) is 19.7. The first-order valence-corrected chi connectivity index (χ1v) is 11.3. The van der Waals surface area contributed by atoms with E-state index < -0.39 is 0 Å². The number of nitrogens with zero attached hydrogens (tertiary/aromatic N) is 7. The van der Waals surface area contributed by atoms with E-state index in [9.17, 15) is 4.79 Å². The van der Waals surface area contributed by atoms with Crippen molar-refractivity contribution in [1.29, 1.82) is 0 Å². The number of aryl methyl sites for hydroxylation is 3. The van der Waals surface area contributed by atoms with Crippen LogP contribution in [0.5, 0.6) is 11.6 Å². The van der Waals surface area contributed by atoms with Crippen LogP contribution < -0.4 is 9.47 Å². The van der Waals surface area contributed by atoms with E-state index in [2.05, 4.69) is 22.0 Å². The van der Waals surface area contributed by atoms with E-state index in [1.54, 1.807) is 17.0 Å². The summed E-state index contributed by atoms with van der Waals surface area (Å²) < 4.78 is 15.5. The number of benzene rings is 1.